The maximum Gasteiger partial charge on any atom is 0.165 e. The number of imidazole rings is 1. The minimum atomic E-state index is -0.0919. The van der Waals surface area contributed by atoms with Crippen LogP contribution in [0.4, 0.5) is 5.82 Å². The van der Waals surface area contributed by atoms with Gasteiger partial charge in [-0.1, -0.05) is 20.8 Å². The number of hydrogen-bond acceptors (Lipinski definition) is 5. The summed E-state index contributed by atoms with van der Waals surface area (Å²) in [6, 6.07) is 0.488. The molecule has 6 nitrogen and oxygen atoms in total. The second kappa shape index (κ2) is 6.07. The van der Waals surface area contributed by atoms with Gasteiger partial charge in [0.15, 0.2) is 17.0 Å². The maximum absolute atomic E-state index is 9.42. The first-order chi connectivity index (χ1) is 10.9. The van der Waals surface area contributed by atoms with Crippen molar-refractivity contribution in [1.29, 1.82) is 0 Å². The van der Waals surface area contributed by atoms with E-state index in [1.54, 1.807) is 6.33 Å². The number of aliphatic hydroxyl groups excluding tert-OH is 1. The molecule has 2 aromatic heterocycles. The van der Waals surface area contributed by atoms with Gasteiger partial charge in [-0.25, -0.2) is 15.0 Å². The van der Waals surface area contributed by atoms with Crippen molar-refractivity contribution in [1.82, 2.24) is 19.5 Å². The summed E-state index contributed by atoms with van der Waals surface area (Å²) in [6.45, 7) is 10.7. The van der Waals surface area contributed by atoms with Gasteiger partial charge in [-0.2, -0.15) is 0 Å². The van der Waals surface area contributed by atoms with Crippen molar-refractivity contribution in [2.75, 3.05) is 18.1 Å². The van der Waals surface area contributed by atoms with Gasteiger partial charge in [0.05, 0.1) is 6.33 Å². The summed E-state index contributed by atoms with van der Waals surface area (Å²) in [4.78, 5) is 15.9. The molecule has 0 amide bonds. The van der Waals surface area contributed by atoms with Crippen LogP contribution in [0.5, 0.6) is 0 Å². The Morgan fingerprint density at radius 2 is 2.04 bits per heavy atom. The van der Waals surface area contributed by atoms with Gasteiger partial charge in [-0.15, -0.1) is 0 Å². The Bertz CT molecular complexity index is 681. The van der Waals surface area contributed by atoms with Crippen LogP contribution in [0.15, 0.2) is 12.7 Å². The second-order valence-electron chi connectivity index (χ2n) is 7.72. The Balaban J connectivity index is 1.89. The molecule has 1 saturated heterocycles. The number of anilines is 1. The minimum absolute atomic E-state index is 0.0919. The van der Waals surface area contributed by atoms with Crippen molar-refractivity contribution in [3.63, 3.8) is 0 Å². The summed E-state index contributed by atoms with van der Waals surface area (Å²) in [5.41, 5.74) is 1.68. The van der Waals surface area contributed by atoms with E-state index in [-0.39, 0.29) is 12.0 Å². The van der Waals surface area contributed by atoms with E-state index in [9.17, 15) is 5.11 Å². The Labute approximate surface area is 137 Å². The predicted octanol–water partition coefficient (Wildman–Crippen LogP) is 2.47. The molecule has 126 valence electrons. The molecule has 2 atom stereocenters. The number of nitrogens with zero attached hydrogens (tertiary/aromatic N) is 5. The minimum Gasteiger partial charge on any atom is -0.396 e. The Hall–Kier alpha value is -1.69. The zero-order valence-corrected chi connectivity index (χ0v) is 14.5. The van der Waals surface area contributed by atoms with E-state index in [0.29, 0.717) is 12.0 Å². The van der Waals surface area contributed by atoms with Crippen LogP contribution in [0, 0.1) is 11.3 Å². The fourth-order valence-corrected chi connectivity index (χ4v) is 3.34. The molecule has 1 fully saturated rings. The first kappa shape index (κ1) is 16.2. The summed E-state index contributed by atoms with van der Waals surface area (Å²) in [7, 11) is 0. The summed E-state index contributed by atoms with van der Waals surface area (Å²) < 4.78 is 2.07. The monoisotopic (exact) mass is 317 g/mol. The lowest BCUT2D eigenvalue weighted by molar-refractivity contribution is 0.145. The first-order valence-electron chi connectivity index (χ1n) is 8.44. The molecule has 1 aliphatic rings. The fourth-order valence-electron chi connectivity index (χ4n) is 3.34. The maximum atomic E-state index is 9.42. The number of aryl methyl sites for hydroxylation is 1. The van der Waals surface area contributed by atoms with Crippen molar-refractivity contribution < 1.29 is 5.11 Å². The Kier molecular flexibility index (Phi) is 4.27. The van der Waals surface area contributed by atoms with Crippen molar-refractivity contribution in [2.24, 2.45) is 11.3 Å². The van der Waals surface area contributed by atoms with Gasteiger partial charge < -0.3 is 14.6 Å². The first-order valence-corrected chi connectivity index (χ1v) is 8.44. The number of aromatic nitrogens is 4. The van der Waals surface area contributed by atoms with Crippen molar-refractivity contribution >= 4 is 17.0 Å². The van der Waals surface area contributed by atoms with Gasteiger partial charge in [-0.05, 0) is 31.1 Å². The van der Waals surface area contributed by atoms with Gasteiger partial charge in [0.1, 0.15) is 6.33 Å². The number of rotatable bonds is 5. The third kappa shape index (κ3) is 3.17. The van der Waals surface area contributed by atoms with E-state index in [2.05, 4.69) is 52.1 Å². The number of fused-ring (bicyclic) bond motifs is 1. The zero-order valence-electron chi connectivity index (χ0n) is 14.5. The fraction of sp³-hybridized carbons (Fsp3) is 0.706. The average molecular weight is 317 g/mol. The van der Waals surface area contributed by atoms with Crippen LogP contribution in [-0.2, 0) is 6.54 Å². The molecular weight excluding hydrogens is 290 g/mol. The summed E-state index contributed by atoms with van der Waals surface area (Å²) in [6.07, 6.45) is 5.56. The Morgan fingerprint density at radius 1 is 1.26 bits per heavy atom. The highest BCUT2D eigenvalue weighted by Crippen LogP contribution is 2.31. The molecule has 6 heteroatoms. The molecule has 0 spiro atoms. The van der Waals surface area contributed by atoms with Crippen LogP contribution in [0.25, 0.3) is 11.2 Å². The van der Waals surface area contributed by atoms with Crippen molar-refractivity contribution in [2.45, 2.75) is 53.1 Å². The third-order valence-corrected chi connectivity index (χ3v) is 4.90. The molecule has 2 aromatic rings. The topological polar surface area (TPSA) is 67.1 Å². The number of aliphatic hydroxyl groups is 1. The molecule has 0 saturated carbocycles. The molecule has 3 heterocycles. The van der Waals surface area contributed by atoms with E-state index >= 15 is 0 Å². The average Bonchev–Trinajstić information content (AvgIpc) is 3.08. The van der Waals surface area contributed by atoms with Crippen LogP contribution < -0.4 is 4.90 Å². The smallest absolute Gasteiger partial charge is 0.165 e. The van der Waals surface area contributed by atoms with Gasteiger partial charge >= 0.3 is 0 Å². The van der Waals surface area contributed by atoms with Crippen LogP contribution >= 0.6 is 0 Å². The Morgan fingerprint density at radius 3 is 2.70 bits per heavy atom. The van der Waals surface area contributed by atoms with Gasteiger partial charge in [0, 0.05) is 25.7 Å². The quantitative estimate of drug-likeness (QED) is 0.917. The SMILES string of the molecule is CC1CC(C)N(c2ncnc3c2ncn3CCC(C)(C)CO)C1. The normalized spacial score (nSPS) is 22.2. The van der Waals surface area contributed by atoms with E-state index in [4.69, 9.17) is 0 Å². The van der Waals surface area contributed by atoms with E-state index in [0.717, 1.165) is 36.5 Å². The molecule has 0 radical (unpaired) electrons. The molecular formula is C17H27N5O. The lowest BCUT2D eigenvalue weighted by Gasteiger charge is -2.23. The second-order valence-corrected chi connectivity index (χ2v) is 7.72. The van der Waals surface area contributed by atoms with Crippen LogP contribution in [0.3, 0.4) is 0 Å². The zero-order chi connectivity index (χ0) is 16.6. The molecule has 23 heavy (non-hydrogen) atoms. The number of hydrogen-bond donors (Lipinski definition) is 1. The van der Waals surface area contributed by atoms with E-state index in [1.165, 1.54) is 6.42 Å². The lowest BCUT2D eigenvalue weighted by Crippen LogP contribution is -2.28. The summed E-state index contributed by atoms with van der Waals surface area (Å²) in [5.74, 6) is 1.63. The highest BCUT2D eigenvalue weighted by molar-refractivity contribution is 5.83. The largest absolute Gasteiger partial charge is 0.396 e. The van der Waals surface area contributed by atoms with Crippen LogP contribution in [0.1, 0.15) is 40.5 Å². The van der Waals surface area contributed by atoms with Crippen molar-refractivity contribution in [3.8, 4) is 0 Å². The predicted molar refractivity (Wildman–Crippen MR) is 91.4 cm³/mol. The summed E-state index contributed by atoms with van der Waals surface area (Å²) in [5, 5.41) is 9.42. The van der Waals surface area contributed by atoms with Crippen molar-refractivity contribution in [3.05, 3.63) is 12.7 Å². The molecule has 0 bridgehead atoms. The highest BCUT2D eigenvalue weighted by atomic mass is 16.3. The molecule has 1 N–H and O–H groups in total. The molecule has 0 aliphatic carbocycles. The molecule has 0 aromatic carbocycles. The van der Waals surface area contributed by atoms with Crippen LogP contribution in [-0.4, -0.2) is 43.8 Å². The highest BCUT2D eigenvalue weighted by Gasteiger charge is 2.29. The molecule has 3 rings (SSSR count). The molecule has 1 aliphatic heterocycles. The standard InChI is InChI=1S/C17H27N5O/c1-12-7-13(2)22(8-12)16-14-15(18-10-19-16)21(11-20-14)6-5-17(3,4)9-23/h10-13,23H,5-9H2,1-4H3. The summed E-state index contributed by atoms with van der Waals surface area (Å²) >= 11 is 0. The van der Waals surface area contributed by atoms with Gasteiger partial charge in [0.25, 0.3) is 0 Å². The molecule has 2 unspecified atom stereocenters. The third-order valence-electron chi connectivity index (χ3n) is 4.90. The van der Waals surface area contributed by atoms with E-state index in [1.807, 2.05) is 6.33 Å². The van der Waals surface area contributed by atoms with E-state index < -0.39 is 0 Å². The lowest BCUT2D eigenvalue weighted by atomic mass is 9.91. The van der Waals surface area contributed by atoms with Crippen LogP contribution in [0.2, 0.25) is 0 Å². The van der Waals surface area contributed by atoms with Gasteiger partial charge in [0.2, 0.25) is 0 Å². The van der Waals surface area contributed by atoms with Gasteiger partial charge in [-0.3, -0.25) is 0 Å².